The molecule has 20 heavy (non-hydrogen) atoms. The van der Waals surface area contributed by atoms with E-state index in [0.717, 1.165) is 19.0 Å². The normalized spacial score (nSPS) is 23.0. The Kier molecular flexibility index (Phi) is 5.34. The summed E-state index contributed by atoms with van der Waals surface area (Å²) in [6, 6.07) is 0.632. The third-order valence-corrected chi connectivity index (χ3v) is 4.25. The van der Waals surface area contributed by atoms with E-state index in [0.29, 0.717) is 6.04 Å². The molecule has 0 saturated heterocycles. The number of hydrogen-bond donors (Lipinski definition) is 1. The first kappa shape index (κ1) is 17.6. The van der Waals surface area contributed by atoms with Gasteiger partial charge in [0.2, 0.25) is 0 Å². The topological polar surface area (TPSA) is 15.3 Å². The van der Waals surface area contributed by atoms with E-state index < -0.39 is 0 Å². The van der Waals surface area contributed by atoms with Gasteiger partial charge in [0.1, 0.15) is 0 Å². The Morgan fingerprint density at radius 1 is 1.10 bits per heavy atom. The van der Waals surface area contributed by atoms with Gasteiger partial charge in [-0.3, -0.25) is 4.90 Å². The van der Waals surface area contributed by atoms with Crippen LogP contribution >= 0.6 is 0 Å². The Balaban J connectivity index is 3.10. The van der Waals surface area contributed by atoms with E-state index in [2.05, 4.69) is 72.7 Å². The Morgan fingerprint density at radius 2 is 1.65 bits per heavy atom. The lowest BCUT2D eigenvalue weighted by Gasteiger charge is -2.33. The van der Waals surface area contributed by atoms with E-state index >= 15 is 0 Å². The van der Waals surface area contributed by atoms with Crippen LogP contribution in [-0.2, 0) is 0 Å². The fourth-order valence-corrected chi connectivity index (χ4v) is 3.08. The minimum absolute atomic E-state index is 0.191. The summed E-state index contributed by atoms with van der Waals surface area (Å²) >= 11 is 0. The van der Waals surface area contributed by atoms with Crippen LogP contribution in [0.4, 0.5) is 0 Å². The standard InChI is InChI=1S/C18H36N2/c1-13(2)10-14-11-19-16(18(6,7)8)15(12-20(14)9)17(3,4)5/h13-14,19H,10-12H2,1-9H3/t14-/m1/s1. The maximum Gasteiger partial charge on any atom is 0.0300 e. The average Bonchev–Trinajstić information content (AvgIpc) is 2.37. The molecule has 0 aromatic heterocycles. The van der Waals surface area contributed by atoms with Crippen molar-refractivity contribution in [2.75, 3.05) is 20.1 Å². The van der Waals surface area contributed by atoms with Gasteiger partial charge in [0, 0.05) is 30.2 Å². The maximum atomic E-state index is 3.80. The molecule has 1 aliphatic heterocycles. The van der Waals surface area contributed by atoms with Gasteiger partial charge in [0.15, 0.2) is 0 Å². The summed E-state index contributed by atoms with van der Waals surface area (Å²) in [5.41, 5.74) is 3.44. The van der Waals surface area contributed by atoms with E-state index in [1.807, 2.05) is 0 Å². The van der Waals surface area contributed by atoms with Crippen molar-refractivity contribution < 1.29 is 0 Å². The van der Waals surface area contributed by atoms with Gasteiger partial charge in [0.25, 0.3) is 0 Å². The van der Waals surface area contributed by atoms with Crippen molar-refractivity contribution in [2.24, 2.45) is 16.7 Å². The van der Waals surface area contributed by atoms with Crippen LogP contribution in [0.5, 0.6) is 0 Å². The summed E-state index contributed by atoms with van der Waals surface area (Å²) < 4.78 is 0. The molecule has 1 N–H and O–H groups in total. The number of nitrogens with zero attached hydrogens (tertiary/aromatic N) is 1. The molecule has 118 valence electrons. The molecule has 0 unspecified atom stereocenters. The van der Waals surface area contributed by atoms with E-state index in [9.17, 15) is 0 Å². The van der Waals surface area contributed by atoms with Gasteiger partial charge in [0.05, 0.1) is 0 Å². The molecule has 0 aromatic carbocycles. The van der Waals surface area contributed by atoms with Crippen LogP contribution in [0.3, 0.4) is 0 Å². The summed E-state index contributed by atoms with van der Waals surface area (Å²) in [6.45, 7) is 20.8. The highest BCUT2D eigenvalue weighted by molar-refractivity contribution is 5.26. The lowest BCUT2D eigenvalue weighted by Crippen LogP contribution is -2.39. The highest BCUT2D eigenvalue weighted by Gasteiger charge is 2.32. The largest absolute Gasteiger partial charge is 0.386 e. The molecule has 2 nitrogen and oxygen atoms in total. The van der Waals surface area contributed by atoms with Gasteiger partial charge in [-0.05, 0) is 30.4 Å². The minimum Gasteiger partial charge on any atom is -0.386 e. The van der Waals surface area contributed by atoms with Gasteiger partial charge in [-0.1, -0.05) is 55.4 Å². The second-order valence-electron chi connectivity index (χ2n) is 8.93. The quantitative estimate of drug-likeness (QED) is 0.812. The van der Waals surface area contributed by atoms with Crippen LogP contribution in [0.1, 0.15) is 61.8 Å². The maximum absolute atomic E-state index is 3.80. The molecule has 0 radical (unpaired) electrons. The van der Waals surface area contributed by atoms with Crippen molar-refractivity contribution in [3.63, 3.8) is 0 Å². The molecule has 0 bridgehead atoms. The third-order valence-electron chi connectivity index (χ3n) is 4.25. The SMILES string of the molecule is CC(C)C[C@@H]1CNC(C(C)(C)C)=C(C(C)(C)C)CN1C. The molecule has 0 saturated carbocycles. The molecule has 0 aliphatic carbocycles. The van der Waals surface area contributed by atoms with Crippen LogP contribution in [0, 0.1) is 16.7 Å². The minimum atomic E-state index is 0.191. The molecular weight excluding hydrogens is 244 g/mol. The van der Waals surface area contributed by atoms with Crippen molar-refractivity contribution in [2.45, 2.75) is 67.9 Å². The number of nitrogens with one attached hydrogen (secondary N) is 1. The van der Waals surface area contributed by atoms with E-state index in [-0.39, 0.29) is 10.8 Å². The smallest absolute Gasteiger partial charge is 0.0300 e. The summed E-state index contributed by atoms with van der Waals surface area (Å²) in [4.78, 5) is 2.55. The molecule has 1 aliphatic rings. The summed E-state index contributed by atoms with van der Waals surface area (Å²) in [6.07, 6.45) is 1.26. The average molecular weight is 280 g/mol. The first-order valence-electron chi connectivity index (χ1n) is 8.11. The predicted octanol–water partition coefficient (Wildman–Crippen LogP) is 4.28. The van der Waals surface area contributed by atoms with Crippen molar-refractivity contribution in [3.8, 4) is 0 Å². The molecule has 2 heteroatoms. The number of hydrogen-bond acceptors (Lipinski definition) is 2. The second-order valence-corrected chi connectivity index (χ2v) is 8.93. The second kappa shape index (κ2) is 6.09. The monoisotopic (exact) mass is 280 g/mol. The third kappa shape index (κ3) is 4.51. The van der Waals surface area contributed by atoms with Gasteiger partial charge in [-0.15, -0.1) is 0 Å². The lowest BCUT2D eigenvalue weighted by atomic mass is 9.78. The van der Waals surface area contributed by atoms with Crippen molar-refractivity contribution >= 4 is 0 Å². The van der Waals surface area contributed by atoms with Gasteiger partial charge < -0.3 is 5.32 Å². The Morgan fingerprint density at radius 3 is 2.05 bits per heavy atom. The van der Waals surface area contributed by atoms with Crippen molar-refractivity contribution in [3.05, 3.63) is 11.3 Å². The summed E-state index contributed by atoms with van der Waals surface area (Å²) in [5, 5.41) is 3.80. The summed E-state index contributed by atoms with van der Waals surface area (Å²) in [7, 11) is 2.28. The zero-order valence-electron chi connectivity index (χ0n) is 15.2. The van der Waals surface area contributed by atoms with Crippen LogP contribution in [0.2, 0.25) is 0 Å². The molecular formula is C18H36N2. The zero-order valence-corrected chi connectivity index (χ0v) is 15.2. The first-order valence-corrected chi connectivity index (χ1v) is 8.11. The Bertz CT molecular complexity index is 353. The number of allylic oxidation sites excluding steroid dienone is 1. The molecule has 0 fully saturated rings. The lowest BCUT2D eigenvalue weighted by molar-refractivity contribution is 0.224. The Hall–Kier alpha value is -0.500. The van der Waals surface area contributed by atoms with Crippen molar-refractivity contribution in [1.82, 2.24) is 10.2 Å². The fourth-order valence-electron chi connectivity index (χ4n) is 3.08. The molecule has 0 aromatic rings. The molecule has 1 rings (SSSR count). The Labute approximate surface area is 127 Å². The van der Waals surface area contributed by atoms with Crippen LogP contribution in [0.15, 0.2) is 11.3 Å². The first-order chi connectivity index (χ1) is 8.93. The van der Waals surface area contributed by atoms with Crippen LogP contribution in [-0.4, -0.2) is 31.1 Å². The summed E-state index contributed by atoms with van der Waals surface area (Å²) in [5.74, 6) is 0.749. The fraction of sp³-hybridized carbons (Fsp3) is 0.889. The van der Waals surface area contributed by atoms with E-state index in [1.165, 1.54) is 12.1 Å². The van der Waals surface area contributed by atoms with Gasteiger partial charge >= 0.3 is 0 Å². The highest BCUT2D eigenvalue weighted by atomic mass is 15.2. The zero-order chi connectivity index (χ0) is 15.7. The van der Waals surface area contributed by atoms with Crippen molar-refractivity contribution in [1.29, 1.82) is 0 Å². The number of rotatable bonds is 2. The van der Waals surface area contributed by atoms with Crippen LogP contribution < -0.4 is 5.32 Å². The molecule has 1 heterocycles. The molecule has 0 spiro atoms. The van der Waals surface area contributed by atoms with E-state index in [4.69, 9.17) is 0 Å². The van der Waals surface area contributed by atoms with Gasteiger partial charge in [-0.25, -0.2) is 0 Å². The van der Waals surface area contributed by atoms with E-state index in [1.54, 1.807) is 5.57 Å². The predicted molar refractivity (Wildman–Crippen MR) is 89.8 cm³/mol. The van der Waals surface area contributed by atoms with Crippen LogP contribution in [0.25, 0.3) is 0 Å². The number of likely N-dealkylation sites (N-methyl/N-ethyl adjacent to an activating group) is 1. The molecule has 0 amide bonds. The molecule has 1 atom stereocenters. The highest BCUT2D eigenvalue weighted by Crippen LogP contribution is 2.37. The van der Waals surface area contributed by atoms with Gasteiger partial charge in [-0.2, -0.15) is 0 Å².